The quantitative estimate of drug-likeness (QED) is 0.329. The molecular weight excluding hydrogens is 490 g/mol. The topological polar surface area (TPSA) is 61.4 Å². The van der Waals surface area contributed by atoms with Crippen LogP contribution in [0.2, 0.25) is 5.02 Å². The Morgan fingerprint density at radius 3 is 2.58 bits per heavy atom. The molecule has 184 valence electrons. The van der Waals surface area contributed by atoms with Crippen molar-refractivity contribution in [3.8, 4) is 10.6 Å². The van der Waals surface area contributed by atoms with Gasteiger partial charge in [0, 0.05) is 35.7 Å². The van der Waals surface area contributed by atoms with Crippen LogP contribution in [0.3, 0.4) is 0 Å². The Kier molecular flexibility index (Phi) is 6.61. The summed E-state index contributed by atoms with van der Waals surface area (Å²) in [6, 6.07) is 18.4. The van der Waals surface area contributed by atoms with Crippen molar-refractivity contribution in [3.63, 3.8) is 0 Å². The van der Waals surface area contributed by atoms with E-state index in [-0.39, 0.29) is 5.91 Å². The van der Waals surface area contributed by atoms with Crippen LogP contribution in [0.25, 0.3) is 20.7 Å². The fraction of sp³-hybridized carbons (Fsp3) is 0.321. The number of nitrogens with one attached hydrogen (secondary N) is 1. The summed E-state index contributed by atoms with van der Waals surface area (Å²) in [6.07, 6.45) is 6.43. The van der Waals surface area contributed by atoms with Crippen LogP contribution in [0.15, 0.2) is 60.8 Å². The van der Waals surface area contributed by atoms with Crippen molar-refractivity contribution >= 4 is 50.6 Å². The fourth-order valence-electron chi connectivity index (χ4n) is 5.27. The minimum atomic E-state index is 0.00873. The molecule has 36 heavy (non-hydrogen) atoms. The summed E-state index contributed by atoms with van der Waals surface area (Å²) in [4.78, 5) is 27.9. The number of fused-ring (bicyclic) bond motifs is 1. The third kappa shape index (κ3) is 4.83. The highest BCUT2D eigenvalue weighted by Gasteiger charge is 2.29. The lowest BCUT2D eigenvalue weighted by Gasteiger charge is -2.36. The molecule has 2 aromatic heterocycles. The predicted octanol–water partition coefficient (Wildman–Crippen LogP) is 6.46. The summed E-state index contributed by atoms with van der Waals surface area (Å²) >= 11 is 8.29. The molecule has 0 radical (unpaired) electrons. The molecule has 0 atom stereocenters. The molecule has 4 heterocycles. The Morgan fingerprint density at radius 1 is 1.00 bits per heavy atom. The van der Waals surface area contributed by atoms with Crippen LogP contribution in [-0.4, -0.2) is 57.9 Å². The molecule has 2 fully saturated rings. The Balaban J connectivity index is 1.13. The maximum atomic E-state index is 13.2. The van der Waals surface area contributed by atoms with Crippen LogP contribution >= 0.6 is 22.9 Å². The number of likely N-dealkylation sites (tertiary alicyclic amines) is 2. The Labute approximate surface area is 219 Å². The molecule has 2 aliphatic rings. The van der Waals surface area contributed by atoms with Crippen LogP contribution in [0, 0.1) is 0 Å². The third-order valence-corrected chi connectivity index (χ3v) is 8.65. The monoisotopic (exact) mass is 517 g/mol. The smallest absolute Gasteiger partial charge is 0.255 e. The highest BCUT2D eigenvalue weighted by atomic mass is 35.5. The van der Waals surface area contributed by atoms with Crippen LogP contribution < -0.4 is 5.32 Å². The van der Waals surface area contributed by atoms with Crippen molar-refractivity contribution in [2.24, 2.45) is 0 Å². The van der Waals surface area contributed by atoms with E-state index >= 15 is 0 Å². The van der Waals surface area contributed by atoms with Crippen molar-refractivity contribution in [3.05, 3.63) is 71.4 Å². The first-order valence-corrected chi connectivity index (χ1v) is 13.8. The average Bonchev–Trinajstić information content (AvgIpc) is 3.59. The number of hydrogen-bond acceptors (Lipinski definition) is 6. The van der Waals surface area contributed by atoms with Gasteiger partial charge in [-0.1, -0.05) is 29.8 Å². The summed E-state index contributed by atoms with van der Waals surface area (Å²) in [5, 5.41) is 4.88. The molecule has 8 heteroatoms. The van der Waals surface area contributed by atoms with Crippen LogP contribution in [0.1, 0.15) is 36.0 Å². The maximum absolute atomic E-state index is 13.2. The third-order valence-electron chi connectivity index (χ3n) is 7.20. The minimum Gasteiger partial charge on any atom is -0.338 e. The van der Waals surface area contributed by atoms with Crippen LogP contribution in [0.5, 0.6) is 0 Å². The lowest BCUT2D eigenvalue weighted by Crippen LogP contribution is -2.45. The normalized spacial score (nSPS) is 17.1. The van der Waals surface area contributed by atoms with E-state index in [0.29, 0.717) is 22.6 Å². The van der Waals surface area contributed by atoms with Gasteiger partial charge in [-0.2, -0.15) is 0 Å². The molecule has 0 bridgehead atoms. The highest BCUT2D eigenvalue weighted by molar-refractivity contribution is 7.22. The second-order valence-corrected chi connectivity index (χ2v) is 11.0. The van der Waals surface area contributed by atoms with E-state index in [1.807, 2.05) is 29.2 Å². The molecule has 2 saturated heterocycles. The Bertz CT molecular complexity index is 1360. The molecule has 0 aliphatic carbocycles. The van der Waals surface area contributed by atoms with E-state index in [0.717, 1.165) is 42.2 Å². The zero-order chi connectivity index (χ0) is 24.5. The molecular formula is C28H28ClN5OS. The lowest BCUT2D eigenvalue weighted by atomic mass is 10.0. The van der Waals surface area contributed by atoms with Gasteiger partial charge in [0.2, 0.25) is 5.95 Å². The summed E-state index contributed by atoms with van der Waals surface area (Å²) in [6.45, 7) is 3.98. The molecule has 2 aliphatic heterocycles. The largest absolute Gasteiger partial charge is 0.338 e. The molecule has 1 N–H and O–H groups in total. The van der Waals surface area contributed by atoms with E-state index in [2.05, 4.69) is 33.4 Å². The Hall–Kier alpha value is -3.00. The van der Waals surface area contributed by atoms with Crippen molar-refractivity contribution in [1.29, 1.82) is 0 Å². The van der Waals surface area contributed by atoms with Crippen molar-refractivity contribution in [2.45, 2.75) is 31.7 Å². The molecule has 1 amide bonds. The van der Waals surface area contributed by atoms with Gasteiger partial charge in [0.15, 0.2) is 0 Å². The summed E-state index contributed by atoms with van der Waals surface area (Å²) in [5.74, 6) is 0.499. The zero-order valence-electron chi connectivity index (χ0n) is 20.0. The van der Waals surface area contributed by atoms with E-state index in [1.54, 1.807) is 29.7 Å². The average molecular weight is 518 g/mol. The second kappa shape index (κ2) is 10.2. The van der Waals surface area contributed by atoms with Crippen molar-refractivity contribution in [1.82, 2.24) is 19.8 Å². The van der Waals surface area contributed by atoms with E-state index in [1.165, 1.54) is 36.0 Å². The maximum Gasteiger partial charge on any atom is 0.255 e. The summed E-state index contributed by atoms with van der Waals surface area (Å²) < 4.78 is 1.23. The zero-order valence-corrected chi connectivity index (χ0v) is 21.6. The number of anilines is 2. The minimum absolute atomic E-state index is 0.00873. The molecule has 0 unspecified atom stereocenters. The van der Waals surface area contributed by atoms with Gasteiger partial charge in [-0.3, -0.25) is 4.79 Å². The van der Waals surface area contributed by atoms with Gasteiger partial charge in [-0.15, -0.1) is 11.3 Å². The highest BCUT2D eigenvalue weighted by Crippen LogP contribution is 2.33. The number of piperidine rings is 1. The second-order valence-electron chi connectivity index (χ2n) is 9.50. The van der Waals surface area contributed by atoms with Gasteiger partial charge in [-0.05, 0) is 80.6 Å². The fourth-order valence-corrected chi connectivity index (χ4v) is 6.56. The van der Waals surface area contributed by atoms with Gasteiger partial charge >= 0.3 is 0 Å². The number of benzene rings is 2. The number of halogens is 1. The van der Waals surface area contributed by atoms with E-state index in [4.69, 9.17) is 16.6 Å². The van der Waals surface area contributed by atoms with Crippen LogP contribution in [0.4, 0.5) is 11.6 Å². The number of hydrogen-bond donors (Lipinski definition) is 1. The van der Waals surface area contributed by atoms with E-state index in [9.17, 15) is 4.79 Å². The number of thiophene rings is 1. The van der Waals surface area contributed by atoms with Gasteiger partial charge in [0.25, 0.3) is 5.91 Å². The number of aromatic nitrogens is 2. The van der Waals surface area contributed by atoms with Gasteiger partial charge in [-0.25, -0.2) is 9.97 Å². The first-order valence-electron chi connectivity index (χ1n) is 12.6. The van der Waals surface area contributed by atoms with Gasteiger partial charge in [0.05, 0.1) is 21.2 Å². The lowest BCUT2D eigenvalue weighted by molar-refractivity contribution is 0.0644. The Morgan fingerprint density at radius 2 is 1.81 bits per heavy atom. The predicted molar refractivity (Wildman–Crippen MR) is 147 cm³/mol. The molecule has 0 spiro atoms. The standard InChI is InChI=1S/C28H28ClN5OS/c29-23-18-20(7-8-22(23)27(35)34-15-10-21(11-16-34)33-13-3-4-14-33)31-28-30-12-9-24(32-28)26-17-19-5-1-2-6-25(19)36-26/h1-2,5-9,12,17-18,21H,3-4,10-11,13-16H2,(H,30,31,32). The summed E-state index contributed by atoms with van der Waals surface area (Å²) in [7, 11) is 0. The first kappa shape index (κ1) is 23.4. The molecule has 6 rings (SSSR count). The number of rotatable bonds is 5. The number of nitrogens with zero attached hydrogens (tertiary/aromatic N) is 4. The molecule has 6 nitrogen and oxygen atoms in total. The molecule has 2 aromatic carbocycles. The van der Waals surface area contributed by atoms with Gasteiger partial charge < -0.3 is 15.1 Å². The SMILES string of the molecule is O=C(c1ccc(Nc2nccc(-c3cc4ccccc4s3)n2)cc1Cl)N1CCC(N2CCCC2)CC1. The number of amides is 1. The van der Waals surface area contributed by atoms with Crippen LogP contribution in [-0.2, 0) is 0 Å². The summed E-state index contributed by atoms with van der Waals surface area (Å²) in [5.41, 5.74) is 2.16. The van der Waals surface area contributed by atoms with Crippen molar-refractivity contribution in [2.75, 3.05) is 31.5 Å². The van der Waals surface area contributed by atoms with Gasteiger partial charge in [0.1, 0.15) is 0 Å². The molecule has 0 saturated carbocycles. The van der Waals surface area contributed by atoms with E-state index < -0.39 is 0 Å². The molecule has 4 aromatic rings. The number of carbonyl (C=O) groups excluding carboxylic acids is 1. The van der Waals surface area contributed by atoms with Crippen molar-refractivity contribution < 1.29 is 4.79 Å². The number of carbonyl (C=O) groups is 1. The first-order chi connectivity index (χ1) is 17.6.